The van der Waals surface area contributed by atoms with Crippen LogP contribution in [-0.4, -0.2) is 15.1 Å². The molecule has 2 heterocycles. The molecule has 0 amide bonds. The summed E-state index contributed by atoms with van der Waals surface area (Å²) >= 11 is 0. The van der Waals surface area contributed by atoms with Crippen LogP contribution >= 0.6 is 0 Å². The average molecular weight is 197 g/mol. The van der Waals surface area contributed by atoms with Gasteiger partial charge in [0.1, 0.15) is 6.07 Å². The molecule has 0 saturated heterocycles. The second-order valence-electron chi connectivity index (χ2n) is 2.89. The minimum absolute atomic E-state index is 0.0122. The highest BCUT2D eigenvalue weighted by molar-refractivity contribution is 5.56. The van der Waals surface area contributed by atoms with Gasteiger partial charge >= 0.3 is 0 Å². The third-order valence-corrected chi connectivity index (χ3v) is 1.91. The summed E-state index contributed by atoms with van der Waals surface area (Å²) in [4.78, 5) is 8.09. The molecule has 1 N–H and O–H groups in total. The Morgan fingerprint density at radius 1 is 1.13 bits per heavy atom. The number of nitrogens with zero attached hydrogens (tertiary/aromatic N) is 3. The van der Waals surface area contributed by atoms with Gasteiger partial charge in [-0.1, -0.05) is 6.07 Å². The van der Waals surface area contributed by atoms with Crippen molar-refractivity contribution in [3.63, 3.8) is 0 Å². The Labute approximate surface area is 86.5 Å². The lowest BCUT2D eigenvalue weighted by Crippen LogP contribution is -1.89. The molecule has 2 rings (SSSR count). The van der Waals surface area contributed by atoms with Crippen LogP contribution < -0.4 is 0 Å². The lowest BCUT2D eigenvalue weighted by molar-refractivity contribution is 0.470. The largest absolute Gasteiger partial charge is 0.505 e. The summed E-state index contributed by atoms with van der Waals surface area (Å²) < 4.78 is 0. The molecule has 2 aromatic rings. The van der Waals surface area contributed by atoms with Gasteiger partial charge in [0, 0.05) is 6.20 Å². The highest BCUT2D eigenvalue weighted by Crippen LogP contribution is 2.19. The van der Waals surface area contributed by atoms with Gasteiger partial charge in [0.2, 0.25) is 0 Å². The van der Waals surface area contributed by atoms with E-state index >= 15 is 0 Å². The maximum atomic E-state index is 9.28. The van der Waals surface area contributed by atoms with Crippen LogP contribution in [0.15, 0.2) is 36.5 Å². The molecule has 0 aliphatic heterocycles. The van der Waals surface area contributed by atoms with Crippen LogP contribution in [0.2, 0.25) is 0 Å². The number of hydrogen-bond acceptors (Lipinski definition) is 4. The van der Waals surface area contributed by atoms with E-state index in [4.69, 9.17) is 5.26 Å². The lowest BCUT2D eigenvalue weighted by Gasteiger charge is -2.00. The maximum absolute atomic E-state index is 9.28. The predicted octanol–water partition coefficient (Wildman–Crippen LogP) is 1.72. The minimum atomic E-state index is -0.114. The predicted molar refractivity (Wildman–Crippen MR) is 53.8 cm³/mol. The monoisotopic (exact) mass is 197 g/mol. The first-order valence-corrected chi connectivity index (χ1v) is 4.33. The zero-order valence-corrected chi connectivity index (χ0v) is 7.75. The topological polar surface area (TPSA) is 69.8 Å². The fourth-order valence-electron chi connectivity index (χ4n) is 1.19. The van der Waals surface area contributed by atoms with E-state index in [2.05, 4.69) is 9.97 Å². The Balaban J connectivity index is 2.52. The minimum Gasteiger partial charge on any atom is -0.505 e. The first kappa shape index (κ1) is 9.16. The van der Waals surface area contributed by atoms with E-state index in [0.717, 1.165) is 0 Å². The molecule has 0 unspecified atom stereocenters. The standard InChI is InChI=1S/C11H7N3O/c12-7-10-11(15)5-4-9(14-10)8-3-1-2-6-13-8/h1-6,15H. The second-order valence-corrected chi connectivity index (χ2v) is 2.89. The van der Waals surface area contributed by atoms with Crippen LogP contribution in [0.1, 0.15) is 5.69 Å². The number of aromatic nitrogens is 2. The Morgan fingerprint density at radius 2 is 2.00 bits per heavy atom. The summed E-state index contributed by atoms with van der Waals surface area (Å²) in [6, 6.07) is 10.3. The fraction of sp³-hybridized carbons (Fsp3) is 0. The lowest BCUT2D eigenvalue weighted by atomic mass is 10.2. The van der Waals surface area contributed by atoms with Crippen molar-refractivity contribution in [2.75, 3.05) is 0 Å². The number of hydrogen-bond donors (Lipinski definition) is 1. The number of rotatable bonds is 1. The quantitative estimate of drug-likeness (QED) is 0.755. The van der Waals surface area contributed by atoms with Crippen molar-refractivity contribution in [1.82, 2.24) is 9.97 Å². The van der Waals surface area contributed by atoms with Crippen LogP contribution in [-0.2, 0) is 0 Å². The molecule has 0 spiro atoms. The van der Waals surface area contributed by atoms with Gasteiger partial charge < -0.3 is 5.11 Å². The van der Waals surface area contributed by atoms with E-state index in [1.165, 1.54) is 6.07 Å². The third-order valence-electron chi connectivity index (χ3n) is 1.91. The van der Waals surface area contributed by atoms with E-state index in [9.17, 15) is 5.11 Å². The molecule has 2 aromatic heterocycles. The Hall–Kier alpha value is -2.41. The third kappa shape index (κ3) is 1.76. The summed E-state index contributed by atoms with van der Waals surface area (Å²) in [7, 11) is 0. The SMILES string of the molecule is N#Cc1nc(-c2ccccn2)ccc1O. The second kappa shape index (κ2) is 3.76. The van der Waals surface area contributed by atoms with Crippen molar-refractivity contribution in [2.24, 2.45) is 0 Å². The molecular weight excluding hydrogens is 190 g/mol. The highest BCUT2D eigenvalue weighted by atomic mass is 16.3. The van der Waals surface area contributed by atoms with E-state index in [1.807, 2.05) is 12.1 Å². The molecule has 0 atom stereocenters. The zero-order chi connectivity index (χ0) is 10.7. The van der Waals surface area contributed by atoms with Crippen LogP contribution in [0, 0.1) is 11.3 Å². The van der Waals surface area contributed by atoms with Gasteiger partial charge in [0.25, 0.3) is 0 Å². The number of nitriles is 1. The molecule has 0 fully saturated rings. The Morgan fingerprint density at radius 3 is 2.67 bits per heavy atom. The Bertz CT molecular complexity index is 517. The van der Waals surface area contributed by atoms with E-state index in [0.29, 0.717) is 11.4 Å². The van der Waals surface area contributed by atoms with Crippen LogP contribution in [0.5, 0.6) is 5.75 Å². The van der Waals surface area contributed by atoms with Crippen molar-refractivity contribution in [1.29, 1.82) is 5.26 Å². The van der Waals surface area contributed by atoms with Gasteiger partial charge in [-0.05, 0) is 24.3 Å². The van der Waals surface area contributed by atoms with E-state index in [1.54, 1.807) is 24.4 Å². The van der Waals surface area contributed by atoms with Crippen molar-refractivity contribution >= 4 is 0 Å². The summed E-state index contributed by atoms with van der Waals surface area (Å²) in [5.41, 5.74) is 1.26. The van der Waals surface area contributed by atoms with Crippen LogP contribution in [0.4, 0.5) is 0 Å². The van der Waals surface area contributed by atoms with E-state index in [-0.39, 0.29) is 11.4 Å². The molecular formula is C11H7N3O. The van der Waals surface area contributed by atoms with Gasteiger partial charge in [-0.15, -0.1) is 0 Å². The molecule has 0 aromatic carbocycles. The van der Waals surface area contributed by atoms with Gasteiger partial charge in [-0.25, -0.2) is 4.98 Å². The van der Waals surface area contributed by atoms with Crippen molar-refractivity contribution in [2.45, 2.75) is 0 Å². The van der Waals surface area contributed by atoms with Crippen LogP contribution in [0.3, 0.4) is 0 Å². The molecule has 0 bridgehead atoms. The molecule has 72 valence electrons. The van der Waals surface area contributed by atoms with Crippen LogP contribution in [0.25, 0.3) is 11.4 Å². The summed E-state index contributed by atoms with van der Waals surface area (Å²) in [5, 5.41) is 18.0. The Kier molecular flexibility index (Phi) is 2.30. The number of pyridine rings is 2. The molecule has 4 nitrogen and oxygen atoms in total. The normalized spacial score (nSPS) is 9.53. The molecule has 0 saturated carbocycles. The zero-order valence-electron chi connectivity index (χ0n) is 7.75. The highest BCUT2D eigenvalue weighted by Gasteiger charge is 2.05. The molecule has 0 radical (unpaired) electrons. The summed E-state index contributed by atoms with van der Waals surface area (Å²) in [5.74, 6) is -0.114. The first-order chi connectivity index (χ1) is 7.31. The van der Waals surface area contributed by atoms with Gasteiger partial charge in [-0.2, -0.15) is 5.26 Å². The van der Waals surface area contributed by atoms with Gasteiger partial charge in [-0.3, -0.25) is 4.98 Å². The van der Waals surface area contributed by atoms with Crippen molar-refractivity contribution in [3.05, 3.63) is 42.2 Å². The van der Waals surface area contributed by atoms with E-state index < -0.39 is 0 Å². The molecule has 0 aliphatic carbocycles. The van der Waals surface area contributed by atoms with Gasteiger partial charge in [0.05, 0.1) is 11.4 Å². The molecule has 15 heavy (non-hydrogen) atoms. The average Bonchev–Trinajstić information content (AvgIpc) is 2.31. The van der Waals surface area contributed by atoms with Gasteiger partial charge in [0.15, 0.2) is 11.4 Å². The fourth-order valence-corrected chi connectivity index (χ4v) is 1.19. The summed E-state index contributed by atoms with van der Waals surface area (Å²) in [6.45, 7) is 0. The number of aromatic hydroxyl groups is 1. The maximum Gasteiger partial charge on any atom is 0.182 e. The van der Waals surface area contributed by atoms with Crippen molar-refractivity contribution < 1.29 is 5.11 Å². The molecule has 4 heteroatoms. The van der Waals surface area contributed by atoms with Crippen molar-refractivity contribution in [3.8, 4) is 23.2 Å². The smallest absolute Gasteiger partial charge is 0.182 e. The first-order valence-electron chi connectivity index (χ1n) is 4.33. The summed E-state index contributed by atoms with van der Waals surface area (Å²) in [6.07, 6.45) is 1.65. The molecule has 0 aliphatic rings.